The lowest BCUT2D eigenvalue weighted by Gasteiger charge is -2.27. The summed E-state index contributed by atoms with van der Waals surface area (Å²) in [6, 6.07) is 4.88. The normalized spacial score (nSPS) is 14.0. The largest absolute Gasteiger partial charge is 0.508 e. The number of carbonyl (C=O) groups excluding carboxylic acids is 1. The lowest BCUT2D eigenvalue weighted by atomic mass is 10.1. The molecule has 0 fully saturated rings. The number of fused-ring (bicyclic) bond motifs is 2. The predicted molar refractivity (Wildman–Crippen MR) is 116 cm³/mol. The van der Waals surface area contributed by atoms with Gasteiger partial charge in [0.05, 0.1) is 30.7 Å². The topological polar surface area (TPSA) is 115 Å². The first-order chi connectivity index (χ1) is 16.1. The zero-order valence-corrected chi connectivity index (χ0v) is 18.3. The Kier molecular flexibility index (Phi) is 4.78. The fourth-order valence-corrected chi connectivity index (χ4v) is 4.32. The second kappa shape index (κ2) is 7.47. The molecule has 176 valence electrons. The molecule has 0 saturated heterocycles. The van der Waals surface area contributed by atoms with Crippen molar-refractivity contribution < 1.29 is 23.1 Å². The number of amides is 1. The molecule has 0 radical (unpaired) electrons. The molecule has 1 aliphatic heterocycles. The number of alkyl halides is 3. The minimum absolute atomic E-state index is 0.0358. The second-order valence-electron chi connectivity index (χ2n) is 8.17. The summed E-state index contributed by atoms with van der Waals surface area (Å²) in [5, 5.41) is 14.5. The summed E-state index contributed by atoms with van der Waals surface area (Å²) in [7, 11) is 0. The van der Waals surface area contributed by atoms with Crippen LogP contribution in [0.15, 0.2) is 30.6 Å². The number of nitrogens with zero attached hydrogens (tertiary/aromatic N) is 6. The fraction of sp³-hybridized carbons (Fsp3) is 0.273. The van der Waals surface area contributed by atoms with Crippen molar-refractivity contribution in [3.63, 3.8) is 0 Å². The average molecular weight is 471 g/mol. The first-order valence-corrected chi connectivity index (χ1v) is 10.4. The molecule has 3 aromatic heterocycles. The number of anilines is 1. The van der Waals surface area contributed by atoms with Gasteiger partial charge in [-0.05, 0) is 31.5 Å². The van der Waals surface area contributed by atoms with Gasteiger partial charge in [0.25, 0.3) is 5.91 Å². The number of aryl methyl sites for hydroxylation is 1. The minimum atomic E-state index is -4.75. The van der Waals surface area contributed by atoms with Crippen LogP contribution < -0.4 is 5.73 Å². The van der Waals surface area contributed by atoms with Crippen LogP contribution >= 0.6 is 0 Å². The SMILES string of the molecule is Cc1ccc(O)c(C)c1-n1c(N)c(C(=O)N2CCn3nccc3C2)c2ncc(C(F)(F)F)nc21. The average Bonchev–Trinajstić information content (AvgIpc) is 3.37. The molecule has 0 saturated carbocycles. The molecule has 5 rings (SSSR count). The van der Waals surface area contributed by atoms with Gasteiger partial charge < -0.3 is 15.7 Å². The van der Waals surface area contributed by atoms with E-state index in [1.807, 2.05) is 0 Å². The van der Waals surface area contributed by atoms with Crippen LogP contribution in [0.2, 0.25) is 0 Å². The van der Waals surface area contributed by atoms with E-state index in [0.717, 1.165) is 5.69 Å². The summed E-state index contributed by atoms with van der Waals surface area (Å²) in [5.74, 6) is -0.646. The third-order valence-electron chi connectivity index (χ3n) is 6.06. The summed E-state index contributed by atoms with van der Waals surface area (Å²) in [6.07, 6.45) is -2.51. The molecule has 1 amide bonds. The van der Waals surface area contributed by atoms with Gasteiger partial charge in [-0.15, -0.1) is 0 Å². The highest BCUT2D eigenvalue weighted by atomic mass is 19.4. The number of nitrogens with two attached hydrogens (primary N) is 1. The smallest absolute Gasteiger partial charge is 0.434 e. The monoisotopic (exact) mass is 471 g/mol. The van der Waals surface area contributed by atoms with Gasteiger partial charge in [0.15, 0.2) is 11.3 Å². The molecule has 0 bridgehead atoms. The molecule has 0 unspecified atom stereocenters. The Bertz CT molecular complexity index is 1460. The maximum atomic E-state index is 13.6. The van der Waals surface area contributed by atoms with Gasteiger partial charge in [-0.3, -0.25) is 14.0 Å². The van der Waals surface area contributed by atoms with Crippen molar-refractivity contribution in [2.45, 2.75) is 33.1 Å². The molecule has 12 heteroatoms. The highest BCUT2D eigenvalue weighted by molar-refractivity contribution is 6.10. The summed E-state index contributed by atoms with van der Waals surface area (Å²) in [6.45, 7) is 4.42. The van der Waals surface area contributed by atoms with Crippen molar-refractivity contribution >= 4 is 22.9 Å². The van der Waals surface area contributed by atoms with E-state index in [1.165, 1.54) is 10.6 Å². The third kappa shape index (κ3) is 3.25. The summed E-state index contributed by atoms with van der Waals surface area (Å²) < 4.78 is 43.5. The number of phenolic OH excluding ortho intramolecular Hbond substituents is 1. The van der Waals surface area contributed by atoms with E-state index in [4.69, 9.17) is 5.73 Å². The quantitative estimate of drug-likeness (QED) is 0.464. The van der Waals surface area contributed by atoms with Crippen molar-refractivity contribution in [3.8, 4) is 11.4 Å². The lowest BCUT2D eigenvalue weighted by molar-refractivity contribution is -0.141. The van der Waals surface area contributed by atoms with Crippen molar-refractivity contribution in [1.29, 1.82) is 0 Å². The van der Waals surface area contributed by atoms with Crippen LogP contribution in [0.1, 0.15) is 32.9 Å². The van der Waals surface area contributed by atoms with Gasteiger partial charge in [0.2, 0.25) is 0 Å². The molecule has 1 aliphatic rings. The zero-order valence-electron chi connectivity index (χ0n) is 18.3. The van der Waals surface area contributed by atoms with Gasteiger partial charge in [0.1, 0.15) is 22.6 Å². The van der Waals surface area contributed by atoms with Crippen molar-refractivity contribution in [2.75, 3.05) is 12.3 Å². The second-order valence-corrected chi connectivity index (χ2v) is 8.17. The Morgan fingerprint density at radius 2 is 1.94 bits per heavy atom. The van der Waals surface area contributed by atoms with Crippen LogP contribution in [0, 0.1) is 13.8 Å². The molecule has 9 nitrogen and oxygen atoms in total. The van der Waals surface area contributed by atoms with Gasteiger partial charge >= 0.3 is 6.18 Å². The number of rotatable bonds is 2. The van der Waals surface area contributed by atoms with Crippen molar-refractivity contribution in [2.24, 2.45) is 0 Å². The Labute approximate surface area is 191 Å². The predicted octanol–water partition coefficient (Wildman–Crippen LogP) is 3.20. The molecule has 4 heterocycles. The molecule has 0 atom stereocenters. The van der Waals surface area contributed by atoms with Gasteiger partial charge in [0, 0.05) is 18.3 Å². The molecule has 3 N–H and O–H groups in total. The van der Waals surface area contributed by atoms with Crippen LogP contribution in [-0.4, -0.2) is 46.8 Å². The molecule has 1 aromatic carbocycles. The van der Waals surface area contributed by atoms with E-state index in [2.05, 4.69) is 15.1 Å². The number of carbonyl (C=O) groups is 1. The van der Waals surface area contributed by atoms with E-state index >= 15 is 0 Å². The first kappa shape index (κ1) is 21.7. The van der Waals surface area contributed by atoms with Gasteiger partial charge in [-0.25, -0.2) is 9.97 Å². The summed E-state index contributed by atoms with van der Waals surface area (Å²) in [4.78, 5) is 22.9. The van der Waals surface area contributed by atoms with Crippen molar-refractivity contribution in [3.05, 3.63) is 58.7 Å². The minimum Gasteiger partial charge on any atom is -0.508 e. The van der Waals surface area contributed by atoms with E-state index in [-0.39, 0.29) is 34.8 Å². The number of hydrogen-bond donors (Lipinski definition) is 2. The Hall–Kier alpha value is -4.09. The van der Waals surface area contributed by atoms with E-state index in [9.17, 15) is 23.1 Å². The maximum Gasteiger partial charge on any atom is 0.434 e. The van der Waals surface area contributed by atoms with Crippen molar-refractivity contribution in [1.82, 2.24) is 29.2 Å². The van der Waals surface area contributed by atoms with Crippen LogP contribution in [-0.2, 0) is 19.3 Å². The number of aromatic hydroxyl groups is 1. The van der Waals surface area contributed by atoms with Crippen LogP contribution in [0.25, 0.3) is 16.9 Å². The van der Waals surface area contributed by atoms with E-state index in [1.54, 1.807) is 41.8 Å². The fourth-order valence-electron chi connectivity index (χ4n) is 4.32. The zero-order chi connectivity index (χ0) is 24.4. The third-order valence-corrected chi connectivity index (χ3v) is 6.06. The highest BCUT2D eigenvalue weighted by Gasteiger charge is 2.36. The summed E-state index contributed by atoms with van der Waals surface area (Å²) in [5.41, 5.74) is 7.09. The van der Waals surface area contributed by atoms with Crippen LogP contribution in [0.4, 0.5) is 19.0 Å². The Morgan fingerprint density at radius 3 is 2.68 bits per heavy atom. The number of benzene rings is 1. The first-order valence-electron chi connectivity index (χ1n) is 10.4. The highest BCUT2D eigenvalue weighted by Crippen LogP contribution is 2.37. The number of nitrogen functional groups attached to an aromatic ring is 1. The molecular formula is C22H20F3N7O2. The van der Waals surface area contributed by atoms with Crippen LogP contribution in [0.5, 0.6) is 5.75 Å². The maximum absolute atomic E-state index is 13.6. The Morgan fingerprint density at radius 1 is 1.18 bits per heavy atom. The molecule has 0 spiro atoms. The Balaban J connectivity index is 1.75. The number of halogens is 3. The number of phenols is 1. The molecule has 0 aliphatic carbocycles. The van der Waals surface area contributed by atoms with Gasteiger partial charge in [-0.2, -0.15) is 18.3 Å². The number of aromatic nitrogens is 5. The van der Waals surface area contributed by atoms with Gasteiger partial charge in [-0.1, -0.05) is 6.07 Å². The number of hydrogen-bond acceptors (Lipinski definition) is 6. The van der Waals surface area contributed by atoms with E-state index in [0.29, 0.717) is 36.1 Å². The molecular weight excluding hydrogens is 451 g/mol. The van der Waals surface area contributed by atoms with Crippen LogP contribution in [0.3, 0.4) is 0 Å². The standard InChI is InChI=1S/C22H20F3N7O2/c1-11-3-4-14(33)12(2)18(11)32-19(26)16(17-20(32)29-15(9-27-17)22(23,24)25)21(34)30-7-8-31-13(10-30)5-6-28-31/h3-6,9,33H,7-8,10,26H2,1-2H3. The molecule has 34 heavy (non-hydrogen) atoms. The lowest BCUT2D eigenvalue weighted by Crippen LogP contribution is -2.38. The molecule has 4 aromatic rings. The summed E-state index contributed by atoms with van der Waals surface area (Å²) >= 11 is 0. The van der Waals surface area contributed by atoms with E-state index < -0.39 is 17.8 Å².